The number of H-pyrrole nitrogens is 1. The van der Waals surface area contributed by atoms with Crippen molar-refractivity contribution in [1.82, 2.24) is 24.8 Å². The number of amides is 1. The Hall–Kier alpha value is -3.65. The molecule has 3 heterocycles. The Kier molecular flexibility index (Phi) is 7.45. The first-order valence-electron chi connectivity index (χ1n) is 11.7. The van der Waals surface area contributed by atoms with Crippen LogP contribution in [-0.2, 0) is 11.0 Å². The number of hydrogen-bond donors (Lipinski definition) is 1. The number of fused-ring (bicyclic) bond motifs is 1. The lowest BCUT2D eigenvalue weighted by Crippen LogP contribution is -2.41. The van der Waals surface area contributed by atoms with Gasteiger partial charge in [0, 0.05) is 19.7 Å². The summed E-state index contributed by atoms with van der Waals surface area (Å²) in [5, 5.41) is 9.35. The lowest BCUT2D eigenvalue weighted by atomic mass is 9.94. The molecule has 0 aliphatic carbocycles. The number of halogens is 3. The van der Waals surface area contributed by atoms with Gasteiger partial charge in [0.1, 0.15) is 17.3 Å². The number of alkyl halides is 3. The minimum Gasteiger partial charge on any atom is -0.493 e. The quantitative estimate of drug-likeness (QED) is 0.525. The summed E-state index contributed by atoms with van der Waals surface area (Å²) in [5.41, 5.74) is 0.494. The molecule has 2 aromatic heterocycles. The van der Waals surface area contributed by atoms with E-state index in [0.717, 1.165) is 32.0 Å². The Morgan fingerprint density at radius 3 is 2.69 bits per heavy atom. The Morgan fingerprint density at radius 1 is 1.28 bits per heavy atom. The highest BCUT2D eigenvalue weighted by molar-refractivity contribution is 5.83. The molecule has 1 aliphatic heterocycles. The van der Waals surface area contributed by atoms with Crippen LogP contribution in [0.15, 0.2) is 30.6 Å². The summed E-state index contributed by atoms with van der Waals surface area (Å²) < 4.78 is 47.2. The molecular weight excluding hydrogens is 473 g/mol. The topological polar surface area (TPSA) is 98.1 Å². The van der Waals surface area contributed by atoms with Crippen molar-refractivity contribution in [1.29, 1.82) is 5.26 Å². The number of nitrogens with one attached hydrogen (secondary N) is 1. The zero-order valence-corrected chi connectivity index (χ0v) is 20.1. The van der Waals surface area contributed by atoms with Crippen molar-refractivity contribution in [2.24, 2.45) is 5.92 Å². The van der Waals surface area contributed by atoms with Crippen molar-refractivity contribution < 1.29 is 22.7 Å². The number of ether oxygens (including phenoxy) is 1. The molecule has 1 aromatic carbocycles. The van der Waals surface area contributed by atoms with Crippen molar-refractivity contribution in [3.05, 3.63) is 41.9 Å². The number of imidazole rings is 1. The Bertz CT molecular complexity index is 1270. The maximum Gasteiger partial charge on any atom is 0.419 e. The molecule has 0 unspecified atom stereocenters. The van der Waals surface area contributed by atoms with E-state index in [0.29, 0.717) is 29.9 Å². The number of likely N-dealkylation sites (tertiary alicyclic amines) is 1. The molecule has 0 saturated carbocycles. The second-order valence-electron chi connectivity index (χ2n) is 9.12. The fraction of sp³-hybridized carbons (Fsp3) is 0.440. The predicted octanol–water partition coefficient (Wildman–Crippen LogP) is 4.08. The first-order chi connectivity index (χ1) is 17.2. The molecule has 4 rings (SSSR count). The third kappa shape index (κ3) is 5.76. The fourth-order valence-electron chi connectivity index (χ4n) is 4.31. The van der Waals surface area contributed by atoms with Crippen LogP contribution >= 0.6 is 0 Å². The number of pyridine rings is 1. The first-order valence-corrected chi connectivity index (χ1v) is 11.7. The van der Waals surface area contributed by atoms with Gasteiger partial charge in [0.25, 0.3) is 0 Å². The average Bonchev–Trinajstić information content (AvgIpc) is 3.33. The Morgan fingerprint density at radius 2 is 2.03 bits per heavy atom. The van der Waals surface area contributed by atoms with Gasteiger partial charge in [-0.25, -0.2) is 9.97 Å². The van der Waals surface area contributed by atoms with E-state index in [1.807, 2.05) is 6.07 Å². The highest BCUT2D eigenvalue weighted by atomic mass is 19.4. The summed E-state index contributed by atoms with van der Waals surface area (Å²) in [7, 11) is 3.46. The number of piperidine rings is 1. The number of carbonyl (C=O) groups excluding carboxylic acids is 1. The zero-order chi connectivity index (χ0) is 25.9. The van der Waals surface area contributed by atoms with E-state index in [2.05, 4.69) is 19.9 Å². The van der Waals surface area contributed by atoms with Crippen LogP contribution in [0.25, 0.3) is 22.3 Å². The lowest BCUT2D eigenvalue weighted by molar-refractivity contribution is -0.139. The van der Waals surface area contributed by atoms with E-state index in [4.69, 9.17) is 4.74 Å². The molecule has 1 fully saturated rings. The third-order valence-corrected chi connectivity index (χ3v) is 6.44. The number of aromatic nitrogens is 3. The molecule has 11 heteroatoms. The van der Waals surface area contributed by atoms with Gasteiger partial charge in [-0.05, 0) is 62.5 Å². The van der Waals surface area contributed by atoms with Gasteiger partial charge in [0.05, 0.1) is 36.3 Å². The number of carbonyl (C=O) groups is 1. The van der Waals surface area contributed by atoms with Crippen LogP contribution in [0.1, 0.15) is 30.5 Å². The van der Waals surface area contributed by atoms with Crippen LogP contribution in [-0.4, -0.2) is 71.0 Å². The fourth-order valence-corrected chi connectivity index (χ4v) is 4.31. The van der Waals surface area contributed by atoms with Gasteiger partial charge in [-0.2, -0.15) is 18.4 Å². The first kappa shape index (κ1) is 25.4. The summed E-state index contributed by atoms with van der Waals surface area (Å²) in [4.78, 5) is 26.6. The highest BCUT2D eigenvalue weighted by Gasteiger charge is 2.35. The van der Waals surface area contributed by atoms with E-state index in [-0.39, 0.29) is 35.2 Å². The molecule has 1 N–H and O–H groups in total. The number of nitrogens with zero attached hydrogens (tertiary/aromatic N) is 5. The third-order valence-electron chi connectivity index (χ3n) is 6.44. The number of nitriles is 1. The van der Waals surface area contributed by atoms with Crippen LogP contribution in [0.4, 0.5) is 13.2 Å². The van der Waals surface area contributed by atoms with E-state index < -0.39 is 11.7 Å². The monoisotopic (exact) mass is 500 g/mol. The van der Waals surface area contributed by atoms with Crippen LogP contribution in [0.3, 0.4) is 0 Å². The average molecular weight is 501 g/mol. The molecule has 1 saturated heterocycles. The second-order valence-corrected chi connectivity index (χ2v) is 9.12. The van der Waals surface area contributed by atoms with Crippen molar-refractivity contribution >= 4 is 16.9 Å². The minimum atomic E-state index is -4.62. The van der Waals surface area contributed by atoms with E-state index in [1.54, 1.807) is 25.1 Å². The molecule has 0 bridgehead atoms. The number of benzene rings is 1. The van der Waals surface area contributed by atoms with Crippen molar-refractivity contribution in [3.63, 3.8) is 0 Å². The lowest BCUT2D eigenvalue weighted by Gasteiger charge is -2.32. The zero-order valence-electron chi connectivity index (χ0n) is 20.1. The van der Waals surface area contributed by atoms with Crippen LogP contribution in [0.2, 0.25) is 0 Å². The SMILES string of the molecule is CN(C)C(=O)CN1CCC(CCOc2ccc(-c3cc4[nH]cnc4c(C#N)n3)cc2C(F)(F)F)CC1. The van der Waals surface area contributed by atoms with E-state index in [1.165, 1.54) is 18.5 Å². The summed E-state index contributed by atoms with van der Waals surface area (Å²) in [6.45, 7) is 2.12. The van der Waals surface area contributed by atoms with Gasteiger partial charge in [0.2, 0.25) is 5.91 Å². The second kappa shape index (κ2) is 10.5. The van der Waals surface area contributed by atoms with Crippen LogP contribution < -0.4 is 4.74 Å². The smallest absolute Gasteiger partial charge is 0.419 e. The van der Waals surface area contributed by atoms with Gasteiger partial charge in [-0.15, -0.1) is 0 Å². The number of likely N-dealkylation sites (N-methyl/N-ethyl adjacent to an activating group) is 1. The van der Waals surface area contributed by atoms with Crippen LogP contribution in [0, 0.1) is 17.2 Å². The molecule has 3 aromatic rings. The largest absolute Gasteiger partial charge is 0.493 e. The molecule has 0 spiro atoms. The number of hydrogen-bond acceptors (Lipinski definition) is 6. The Balaban J connectivity index is 1.42. The van der Waals surface area contributed by atoms with Gasteiger partial charge in [-0.1, -0.05) is 0 Å². The molecule has 190 valence electrons. The molecule has 8 nitrogen and oxygen atoms in total. The van der Waals surface area contributed by atoms with E-state index in [9.17, 15) is 23.2 Å². The highest BCUT2D eigenvalue weighted by Crippen LogP contribution is 2.39. The summed E-state index contributed by atoms with van der Waals surface area (Å²) >= 11 is 0. The summed E-state index contributed by atoms with van der Waals surface area (Å²) in [6.07, 6.45) is -0.831. The van der Waals surface area contributed by atoms with Gasteiger partial charge in [-0.3, -0.25) is 9.69 Å². The van der Waals surface area contributed by atoms with Gasteiger partial charge in [0.15, 0.2) is 5.69 Å². The van der Waals surface area contributed by atoms with Crippen LogP contribution in [0.5, 0.6) is 5.75 Å². The number of aromatic amines is 1. The normalized spacial score (nSPS) is 15.1. The molecular formula is C25H27F3N6O2. The molecule has 0 radical (unpaired) electrons. The van der Waals surface area contributed by atoms with Gasteiger partial charge < -0.3 is 14.6 Å². The van der Waals surface area contributed by atoms with Crippen molar-refractivity contribution in [3.8, 4) is 23.1 Å². The summed E-state index contributed by atoms with van der Waals surface area (Å²) in [5.74, 6) is 0.158. The minimum absolute atomic E-state index is 0.0368. The molecule has 1 aliphatic rings. The maximum atomic E-state index is 13.9. The van der Waals surface area contributed by atoms with Gasteiger partial charge >= 0.3 is 6.18 Å². The van der Waals surface area contributed by atoms with Crippen molar-refractivity contribution in [2.45, 2.75) is 25.4 Å². The summed E-state index contributed by atoms with van der Waals surface area (Å²) in [6, 6.07) is 7.32. The molecule has 36 heavy (non-hydrogen) atoms. The van der Waals surface area contributed by atoms with E-state index >= 15 is 0 Å². The predicted molar refractivity (Wildman–Crippen MR) is 127 cm³/mol. The Labute approximate surface area is 206 Å². The molecule has 1 amide bonds. The standard InChI is InChI=1S/C25H27F3N6O2/c1-33(2)23(35)14-34-8-5-16(6-9-34)7-10-36-22-4-3-17(11-18(22)25(26,27)28)19-12-20-24(31-15-30-20)21(13-29)32-19/h3-4,11-12,15-16H,5-10,14H2,1-2H3,(H,30,31). The number of rotatable bonds is 7. The van der Waals surface area contributed by atoms with Crippen molar-refractivity contribution in [2.75, 3.05) is 40.3 Å². The maximum absolute atomic E-state index is 13.9. The molecule has 0 atom stereocenters.